The lowest BCUT2D eigenvalue weighted by Crippen LogP contribution is -2.07. The highest BCUT2D eigenvalue weighted by Gasteiger charge is 2.35. The first kappa shape index (κ1) is 22.8. The maximum absolute atomic E-state index is 12.8. The molecular weight excluding hydrogens is 449 g/mol. The minimum Gasteiger partial charge on any atom is -0.289 e. The Morgan fingerprint density at radius 1 is 0.543 bits per heavy atom. The van der Waals surface area contributed by atoms with Crippen LogP contribution in [0.1, 0.15) is 54.1 Å². The fourth-order valence-corrected chi connectivity index (χ4v) is 5.06. The molecule has 0 unspecified atom stereocenters. The number of carbonyl (C=O) groups excluding carboxylic acids is 2. The minimum absolute atomic E-state index is 0.147. The molecule has 0 amide bonds. The molecule has 0 radical (unpaired) electrons. The van der Waals surface area contributed by atoms with Crippen molar-refractivity contribution in [2.45, 2.75) is 26.9 Å². The van der Waals surface area contributed by atoms with E-state index in [4.69, 9.17) is 0 Å². The van der Waals surface area contributed by atoms with Crippen molar-refractivity contribution in [3.05, 3.63) is 117 Å². The Balaban J connectivity index is 0.000000147. The second kappa shape index (κ2) is 8.05. The number of aryl methyl sites for hydroxylation is 3. The van der Waals surface area contributed by atoms with Crippen LogP contribution in [0.15, 0.2) is 72.8 Å². The SMILES string of the molecule is Cc1cc(C(F)(F)F)cc2c1-c1ccccc1C2=O.Cc1cc(C)c2c(c1)-c1ccccc1C2=O. The van der Waals surface area contributed by atoms with Crippen molar-refractivity contribution in [1.29, 1.82) is 0 Å². The summed E-state index contributed by atoms with van der Waals surface area (Å²) in [6.07, 6.45) is -4.44. The zero-order valence-electron chi connectivity index (χ0n) is 19.4. The van der Waals surface area contributed by atoms with Crippen molar-refractivity contribution in [3.8, 4) is 22.3 Å². The van der Waals surface area contributed by atoms with Gasteiger partial charge in [-0.3, -0.25) is 9.59 Å². The van der Waals surface area contributed by atoms with Gasteiger partial charge in [0.15, 0.2) is 11.6 Å². The predicted molar refractivity (Wildman–Crippen MR) is 130 cm³/mol. The fraction of sp³-hybridized carbons (Fsp3) is 0.133. The van der Waals surface area contributed by atoms with Crippen LogP contribution in [-0.2, 0) is 6.18 Å². The zero-order chi connectivity index (χ0) is 25.1. The Hall–Kier alpha value is -3.99. The van der Waals surface area contributed by atoms with Crippen molar-refractivity contribution in [3.63, 3.8) is 0 Å². The Morgan fingerprint density at radius 3 is 1.71 bits per heavy atom. The lowest BCUT2D eigenvalue weighted by atomic mass is 9.97. The number of carbonyl (C=O) groups is 2. The Labute approximate surface area is 201 Å². The topological polar surface area (TPSA) is 34.1 Å². The summed E-state index contributed by atoms with van der Waals surface area (Å²) >= 11 is 0. The van der Waals surface area contributed by atoms with Crippen molar-refractivity contribution >= 4 is 11.6 Å². The minimum atomic E-state index is -4.44. The molecule has 0 atom stereocenters. The van der Waals surface area contributed by atoms with Gasteiger partial charge in [-0.05, 0) is 66.3 Å². The van der Waals surface area contributed by atoms with Gasteiger partial charge in [0.25, 0.3) is 0 Å². The van der Waals surface area contributed by atoms with E-state index in [1.165, 1.54) is 5.56 Å². The van der Waals surface area contributed by atoms with Gasteiger partial charge in [0.1, 0.15) is 0 Å². The van der Waals surface area contributed by atoms with Gasteiger partial charge in [-0.25, -0.2) is 0 Å². The first-order valence-corrected chi connectivity index (χ1v) is 11.2. The molecule has 0 saturated heterocycles. The molecule has 0 aliphatic heterocycles. The number of alkyl halides is 3. The van der Waals surface area contributed by atoms with Crippen LogP contribution in [0.3, 0.4) is 0 Å². The molecule has 0 saturated carbocycles. The largest absolute Gasteiger partial charge is 0.416 e. The summed E-state index contributed by atoms with van der Waals surface area (Å²) in [4.78, 5) is 24.4. The lowest BCUT2D eigenvalue weighted by molar-refractivity contribution is -0.137. The summed E-state index contributed by atoms with van der Waals surface area (Å²) in [5.41, 5.74) is 7.84. The molecule has 174 valence electrons. The third kappa shape index (κ3) is 3.68. The van der Waals surface area contributed by atoms with Crippen LogP contribution < -0.4 is 0 Å². The summed E-state index contributed by atoms with van der Waals surface area (Å²) in [5.74, 6) is -0.164. The van der Waals surface area contributed by atoms with Crippen LogP contribution in [0.4, 0.5) is 13.2 Å². The number of hydrogen-bond acceptors (Lipinski definition) is 2. The van der Waals surface area contributed by atoms with E-state index in [1.54, 1.807) is 31.2 Å². The third-order valence-corrected chi connectivity index (χ3v) is 6.52. The van der Waals surface area contributed by atoms with Gasteiger partial charge in [-0.2, -0.15) is 13.2 Å². The quantitative estimate of drug-likeness (QED) is 0.228. The van der Waals surface area contributed by atoms with Gasteiger partial charge in [0, 0.05) is 22.3 Å². The molecule has 0 heterocycles. The Morgan fingerprint density at radius 2 is 1.09 bits per heavy atom. The van der Waals surface area contributed by atoms with Crippen molar-refractivity contribution in [1.82, 2.24) is 0 Å². The first-order chi connectivity index (χ1) is 16.6. The molecule has 2 nitrogen and oxygen atoms in total. The van der Waals surface area contributed by atoms with Crippen LogP contribution in [0.25, 0.3) is 22.3 Å². The molecule has 2 aliphatic rings. The number of ketones is 2. The number of fused-ring (bicyclic) bond motifs is 6. The van der Waals surface area contributed by atoms with Crippen LogP contribution in [0, 0.1) is 20.8 Å². The second-order valence-corrected chi connectivity index (χ2v) is 8.97. The van der Waals surface area contributed by atoms with Crippen LogP contribution in [0.2, 0.25) is 0 Å². The molecule has 2 aliphatic carbocycles. The van der Waals surface area contributed by atoms with Gasteiger partial charge >= 0.3 is 6.18 Å². The summed E-state index contributed by atoms with van der Waals surface area (Å²) in [5, 5.41) is 0. The predicted octanol–water partition coefficient (Wildman–Crippen LogP) is 7.74. The average Bonchev–Trinajstić information content (AvgIpc) is 3.26. The van der Waals surface area contributed by atoms with Gasteiger partial charge < -0.3 is 0 Å². The van der Waals surface area contributed by atoms with Gasteiger partial charge in [0.05, 0.1) is 5.56 Å². The monoisotopic (exact) mass is 470 g/mol. The standard InChI is InChI=1S/C15H9F3O.C15H12O/c1-8-6-9(15(16,17)18)7-12-13(8)10-4-2-3-5-11(10)14(12)19;1-9-7-10(2)14-13(8-9)11-5-3-4-6-12(11)15(14)16/h2-7H,1H3;3-8H,1-2H3. The normalized spacial score (nSPS) is 13.0. The fourth-order valence-electron chi connectivity index (χ4n) is 5.06. The summed E-state index contributed by atoms with van der Waals surface area (Å²) in [7, 11) is 0. The van der Waals surface area contributed by atoms with Crippen LogP contribution in [0.5, 0.6) is 0 Å². The molecule has 0 fully saturated rings. The summed E-state index contributed by atoms with van der Waals surface area (Å²) in [6.45, 7) is 5.68. The lowest BCUT2D eigenvalue weighted by Gasteiger charge is -2.11. The second-order valence-electron chi connectivity index (χ2n) is 8.97. The molecule has 35 heavy (non-hydrogen) atoms. The van der Waals surface area contributed by atoms with E-state index in [0.717, 1.165) is 39.9 Å². The number of rotatable bonds is 0. The first-order valence-electron chi connectivity index (χ1n) is 11.2. The number of halogens is 3. The molecule has 0 spiro atoms. The van der Waals surface area contributed by atoms with E-state index < -0.39 is 11.7 Å². The summed E-state index contributed by atoms with van der Waals surface area (Å²) in [6, 6.07) is 21.0. The zero-order valence-corrected chi connectivity index (χ0v) is 19.4. The highest BCUT2D eigenvalue weighted by Crippen LogP contribution is 2.42. The number of benzene rings is 4. The molecular formula is C30H21F3O2. The Bertz CT molecular complexity index is 1540. The van der Waals surface area contributed by atoms with E-state index in [0.29, 0.717) is 22.3 Å². The van der Waals surface area contributed by atoms with Gasteiger partial charge in [0.2, 0.25) is 0 Å². The highest BCUT2D eigenvalue weighted by molar-refractivity contribution is 6.23. The maximum atomic E-state index is 12.8. The van der Waals surface area contributed by atoms with E-state index in [-0.39, 0.29) is 17.1 Å². The molecule has 0 aromatic heterocycles. The molecule has 5 heteroatoms. The molecule has 0 N–H and O–H groups in total. The molecule has 6 rings (SSSR count). The third-order valence-electron chi connectivity index (χ3n) is 6.52. The maximum Gasteiger partial charge on any atom is 0.416 e. The van der Waals surface area contributed by atoms with Crippen molar-refractivity contribution in [2.24, 2.45) is 0 Å². The highest BCUT2D eigenvalue weighted by atomic mass is 19.4. The van der Waals surface area contributed by atoms with E-state index >= 15 is 0 Å². The van der Waals surface area contributed by atoms with E-state index in [1.807, 2.05) is 31.2 Å². The Kier molecular flexibility index (Phi) is 5.24. The number of hydrogen-bond donors (Lipinski definition) is 0. The van der Waals surface area contributed by atoms with Crippen LogP contribution >= 0.6 is 0 Å². The van der Waals surface area contributed by atoms with E-state index in [2.05, 4.69) is 19.1 Å². The van der Waals surface area contributed by atoms with Gasteiger partial charge in [-0.15, -0.1) is 0 Å². The molecule has 4 aromatic rings. The average molecular weight is 470 g/mol. The summed E-state index contributed by atoms with van der Waals surface area (Å²) < 4.78 is 38.3. The molecule has 0 bridgehead atoms. The van der Waals surface area contributed by atoms with Crippen LogP contribution in [-0.4, -0.2) is 11.6 Å². The van der Waals surface area contributed by atoms with Crippen molar-refractivity contribution < 1.29 is 22.8 Å². The smallest absolute Gasteiger partial charge is 0.289 e. The van der Waals surface area contributed by atoms with Crippen molar-refractivity contribution in [2.75, 3.05) is 0 Å². The van der Waals surface area contributed by atoms with Gasteiger partial charge in [-0.1, -0.05) is 66.2 Å². The molecule has 4 aromatic carbocycles. The van der Waals surface area contributed by atoms with E-state index in [9.17, 15) is 22.8 Å².